The summed E-state index contributed by atoms with van der Waals surface area (Å²) in [5, 5.41) is 2.80. The predicted octanol–water partition coefficient (Wildman–Crippen LogP) is 1.28. The van der Waals surface area contributed by atoms with Crippen LogP contribution in [0.15, 0.2) is 24.3 Å². The van der Waals surface area contributed by atoms with Gasteiger partial charge in [0.2, 0.25) is 5.91 Å². The van der Waals surface area contributed by atoms with Crippen molar-refractivity contribution in [3.05, 3.63) is 29.8 Å². The minimum absolute atomic E-state index is 0.000674. The van der Waals surface area contributed by atoms with Crippen LogP contribution in [0.25, 0.3) is 0 Å². The number of amides is 1. The molecule has 0 bridgehead atoms. The molecule has 18 heavy (non-hydrogen) atoms. The quantitative estimate of drug-likeness (QED) is 0.788. The number of benzene rings is 1. The molecule has 0 heterocycles. The molecule has 0 aliphatic carbocycles. The first-order chi connectivity index (χ1) is 8.47. The molecule has 1 atom stereocenters. The van der Waals surface area contributed by atoms with E-state index in [1.807, 2.05) is 50.1 Å². The van der Waals surface area contributed by atoms with Crippen molar-refractivity contribution >= 4 is 28.8 Å². The highest BCUT2D eigenvalue weighted by molar-refractivity contribution is 7.80. The van der Waals surface area contributed by atoms with Gasteiger partial charge in [0.15, 0.2) is 0 Å². The van der Waals surface area contributed by atoms with Crippen LogP contribution in [-0.4, -0.2) is 30.5 Å². The molecular weight excluding hydrogens is 246 g/mol. The monoisotopic (exact) mass is 265 g/mol. The van der Waals surface area contributed by atoms with Crippen molar-refractivity contribution in [1.82, 2.24) is 5.32 Å². The summed E-state index contributed by atoms with van der Waals surface area (Å²) in [7, 11) is 1.87. The first-order valence-corrected chi connectivity index (χ1v) is 6.28. The molecule has 5 heteroatoms. The normalized spacial score (nSPS) is 11.7. The Bertz CT molecular complexity index is 448. The molecule has 0 fully saturated rings. The van der Waals surface area contributed by atoms with E-state index >= 15 is 0 Å². The zero-order valence-corrected chi connectivity index (χ0v) is 11.8. The average molecular weight is 265 g/mol. The average Bonchev–Trinajstić information content (AvgIpc) is 2.37. The standard InChI is InChI=1S/C13H19N3OS/c1-4-15-13(17)9(2)16(3)11-7-5-6-10(8-11)12(14)18/h5-9H,4H2,1-3H3,(H2,14,18)(H,15,17). The lowest BCUT2D eigenvalue weighted by atomic mass is 10.1. The van der Waals surface area contributed by atoms with Crippen molar-refractivity contribution in [2.45, 2.75) is 19.9 Å². The Morgan fingerprint density at radius 3 is 2.78 bits per heavy atom. The Balaban J connectivity index is 2.89. The molecule has 0 spiro atoms. The number of thiocarbonyl (C=S) groups is 1. The van der Waals surface area contributed by atoms with E-state index < -0.39 is 0 Å². The van der Waals surface area contributed by atoms with Gasteiger partial charge in [0.05, 0.1) is 0 Å². The number of nitrogens with one attached hydrogen (secondary N) is 1. The summed E-state index contributed by atoms with van der Waals surface area (Å²) < 4.78 is 0. The van der Waals surface area contributed by atoms with E-state index in [4.69, 9.17) is 18.0 Å². The van der Waals surface area contributed by atoms with Crippen molar-refractivity contribution in [3.8, 4) is 0 Å². The zero-order valence-electron chi connectivity index (χ0n) is 10.9. The number of nitrogens with zero attached hydrogens (tertiary/aromatic N) is 1. The second kappa shape index (κ2) is 6.35. The Labute approximate surface area is 113 Å². The van der Waals surface area contributed by atoms with Crippen molar-refractivity contribution in [3.63, 3.8) is 0 Å². The highest BCUT2D eigenvalue weighted by atomic mass is 32.1. The van der Waals surface area contributed by atoms with Crippen molar-refractivity contribution in [2.75, 3.05) is 18.5 Å². The summed E-state index contributed by atoms with van der Waals surface area (Å²) in [5.41, 5.74) is 7.32. The highest BCUT2D eigenvalue weighted by Gasteiger charge is 2.17. The molecule has 1 aromatic rings. The van der Waals surface area contributed by atoms with E-state index in [0.29, 0.717) is 11.5 Å². The fourth-order valence-corrected chi connectivity index (χ4v) is 1.73. The highest BCUT2D eigenvalue weighted by Crippen LogP contribution is 2.17. The van der Waals surface area contributed by atoms with Gasteiger partial charge in [-0.3, -0.25) is 4.79 Å². The van der Waals surface area contributed by atoms with Crippen LogP contribution in [0.2, 0.25) is 0 Å². The van der Waals surface area contributed by atoms with Gasteiger partial charge in [-0.2, -0.15) is 0 Å². The Kier molecular flexibility index (Phi) is 5.09. The number of anilines is 1. The lowest BCUT2D eigenvalue weighted by Gasteiger charge is -2.26. The Morgan fingerprint density at radius 2 is 2.22 bits per heavy atom. The number of likely N-dealkylation sites (N-methyl/N-ethyl adjacent to an activating group) is 2. The molecule has 0 aliphatic heterocycles. The number of nitrogens with two attached hydrogens (primary N) is 1. The van der Waals surface area contributed by atoms with Gasteiger partial charge in [-0.25, -0.2) is 0 Å². The maximum atomic E-state index is 11.8. The van der Waals surface area contributed by atoms with Crippen LogP contribution in [0, 0.1) is 0 Å². The first kappa shape index (κ1) is 14.4. The summed E-state index contributed by atoms with van der Waals surface area (Å²) in [5.74, 6) is 0.000674. The Hall–Kier alpha value is -1.62. The Morgan fingerprint density at radius 1 is 1.56 bits per heavy atom. The molecule has 0 aromatic heterocycles. The molecule has 0 saturated heterocycles. The van der Waals surface area contributed by atoms with Crippen LogP contribution in [0.3, 0.4) is 0 Å². The second-order valence-electron chi connectivity index (χ2n) is 4.10. The lowest BCUT2D eigenvalue weighted by Crippen LogP contribution is -2.43. The molecule has 3 N–H and O–H groups in total. The number of carbonyl (C=O) groups is 1. The molecule has 1 aromatic carbocycles. The first-order valence-electron chi connectivity index (χ1n) is 5.87. The van der Waals surface area contributed by atoms with Crippen molar-refractivity contribution in [1.29, 1.82) is 0 Å². The number of hydrogen-bond donors (Lipinski definition) is 2. The maximum absolute atomic E-state index is 11.8. The summed E-state index contributed by atoms with van der Waals surface area (Å²) in [6.07, 6.45) is 0. The summed E-state index contributed by atoms with van der Waals surface area (Å²) >= 11 is 4.95. The molecule has 1 rings (SSSR count). The third kappa shape index (κ3) is 3.43. The molecular formula is C13H19N3OS. The minimum Gasteiger partial charge on any atom is -0.389 e. The number of hydrogen-bond acceptors (Lipinski definition) is 3. The maximum Gasteiger partial charge on any atom is 0.242 e. The summed E-state index contributed by atoms with van der Waals surface area (Å²) in [6, 6.07) is 7.31. The van der Waals surface area contributed by atoms with Gasteiger partial charge < -0.3 is 16.0 Å². The smallest absolute Gasteiger partial charge is 0.242 e. The van der Waals surface area contributed by atoms with Crippen LogP contribution in [0.4, 0.5) is 5.69 Å². The third-order valence-electron chi connectivity index (χ3n) is 2.85. The van der Waals surface area contributed by atoms with E-state index in [2.05, 4.69) is 5.32 Å². The topological polar surface area (TPSA) is 58.4 Å². The van der Waals surface area contributed by atoms with Crippen LogP contribution < -0.4 is 16.0 Å². The molecule has 1 amide bonds. The number of carbonyl (C=O) groups excluding carboxylic acids is 1. The molecule has 1 unspecified atom stereocenters. The van der Waals surface area contributed by atoms with Crippen LogP contribution >= 0.6 is 12.2 Å². The van der Waals surface area contributed by atoms with Gasteiger partial charge in [0.25, 0.3) is 0 Å². The predicted molar refractivity (Wildman–Crippen MR) is 78.9 cm³/mol. The van der Waals surface area contributed by atoms with Crippen LogP contribution in [0.5, 0.6) is 0 Å². The van der Waals surface area contributed by atoms with E-state index in [9.17, 15) is 4.79 Å². The van der Waals surface area contributed by atoms with Gasteiger partial charge in [-0.15, -0.1) is 0 Å². The van der Waals surface area contributed by atoms with Crippen molar-refractivity contribution in [2.24, 2.45) is 5.73 Å². The molecule has 4 nitrogen and oxygen atoms in total. The summed E-state index contributed by atoms with van der Waals surface area (Å²) in [6.45, 7) is 4.39. The molecule has 0 radical (unpaired) electrons. The molecule has 98 valence electrons. The largest absolute Gasteiger partial charge is 0.389 e. The molecule has 0 saturated carbocycles. The fraction of sp³-hybridized carbons (Fsp3) is 0.385. The second-order valence-corrected chi connectivity index (χ2v) is 4.54. The van der Waals surface area contributed by atoms with E-state index in [-0.39, 0.29) is 11.9 Å². The van der Waals surface area contributed by atoms with Gasteiger partial charge in [-0.05, 0) is 26.0 Å². The molecule has 0 aliphatic rings. The van der Waals surface area contributed by atoms with Gasteiger partial charge in [0.1, 0.15) is 11.0 Å². The summed E-state index contributed by atoms with van der Waals surface area (Å²) in [4.78, 5) is 14.0. The van der Waals surface area contributed by atoms with Crippen LogP contribution in [-0.2, 0) is 4.79 Å². The van der Waals surface area contributed by atoms with Crippen molar-refractivity contribution < 1.29 is 4.79 Å². The third-order valence-corrected chi connectivity index (χ3v) is 3.09. The van der Waals surface area contributed by atoms with Gasteiger partial charge in [-0.1, -0.05) is 24.4 Å². The fourth-order valence-electron chi connectivity index (χ4n) is 1.60. The lowest BCUT2D eigenvalue weighted by molar-refractivity contribution is -0.121. The number of rotatable bonds is 5. The van der Waals surface area contributed by atoms with Crippen LogP contribution in [0.1, 0.15) is 19.4 Å². The van der Waals surface area contributed by atoms with E-state index in [1.165, 1.54) is 0 Å². The zero-order chi connectivity index (χ0) is 13.7. The van der Waals surface area contributed by atoms with E-state index in [0.717, 1.165) is 11.3 Å². The SMILES string of the molecule is CCNC(=O)C(C)N(C)c1cccc(C(N)=S)c1. The minimum atomic E-state index is -0.244. The van der Waals surface area contributed by atoms with E-state index in [1.54, 1.807) is 0 Å². The van der Waals surface area contributed by atoms with Gasteiger partial charge in [0, 0.05) is 24.8 Å². The van der Waals surface area contributed by atoms with Gasteiger partial charge >= 0.3 is 0 Å².